The van der Waals surface area contributed by atoms with Gasteiger partial charge in [0.1, 0.15) is 5.82 Å². The average molecular weight is 278 g/mol. The molecular weight excluding hydrogens is 263 g/mol. The average Bonchev–Trinajstić information content (AvgIpc) is 2.91. The molecule has 0 spiro atoms. The lowest BCUT2D eigenvalue weighted by Crippen LogP contribution is -2.32. The number of nitrogens with zero attached hydrogens (tertiary/aromatic N) is 1. The predicted molar refractivity (Wildman–Crippen MR) is 72.9 cm³/mol. The Balaban J connectivity index is 2.04. The molecule has 0 radical (unpaired) electrons. The molecule has 2 rings (SSSR count). The Kier molecular flexibility index (Phi) is 4.34. The molecule has 5 nitrogen and oxygen atoms in total. The van der Waals surface area contributed by atoms with Crippen molar-refractivity contribution in [3.8, 4) is 0 Å². The first-order valence-corrected chi connectivity index (χ1v) is 6.33. The van der Waals surface area contributed by atoms with Gasteiger partial charge in [-0.25, -0.2) is 14.0 Å². The molecule has 0 unspecified atom stereocenters. The van der Waals surface area contributed by atoms with Gasteiger partial charge in [0.15, 0.2) is 0 Å². The second-order valence-electron chi connectivity index (χ2n) is 4.53. The Morgan fingerprint density at radius 3 is 2.60 bits per heavy atom. The number of halogens is 1. The van der Waals surface area contributed by atoms with E-state index in [2.05, 4.69) is 5.32 Å². The van der Waals surface area contributed by atoms with E-state index in [1.165, 1.54) is 18.2 Å². The summed E-state index contributed by atoms with van der Waals surface area (Å²) < 4.78 is 13.7. The smallest absolute Gasteiger partial charge is 0.328 e. The van der Waals surface area contributed by atoms with E-state index < -0.39 is 11.8 Å². The highest BCUT2D eigenvalue weighted by atomic mass is 19.1. The first-order chi connectivity index (χ1) is 9.56. The fourth-order valence-electron chi connectivity index (χ4n) is 2.02. The number of carbonyl (C=O) groups is 2. The molecule has 1 aliphatic rings. The van der Waals surface area contributed by atoms with E-state index >= 15 is 0 Å². The Labute approximate surface area is 115 Å². The minimum absolute atomic E-state index is 0.159. The number of anilines is 1. The van der Waals surface area contributed by atoms with Crippen LogP contribution < -0.4 is 5.32 Å². The molecule has 0 bridgehead atoms. The van der Waals surface area contributed by atoms with E-state index in [0.717, 1.165) is 18.9 Å². The highest BCUT2D eigenvalue weighted by Gasteiger charge is 2.17. The third-order valence-corrected chi connectivity index (χ3v) is 3.05. The molecule has 0 aliphatic carbocycles. The molecule has 1 fully saturated rings. The van der Waals surface area contributed by atoms with Gasteiger partial charge in [0, 0.05) is 30.4 Å². The number of likely N-dealkylation sites (tertiary alicyclic amines) is 1. The normalized spacial score (nSPS) is 14.8. The van der Waals surface area contributed by atoms with Gasteiger partial charge in [0.05, 0.1) is 0 Å². The number of aliphatic carboxylic acids is 1. The Hall–Kier alpha value is -2.37. The molecular formula is C14H15FN2O3. The molecule has 1 aromatic rings. The van der Waals surface area contributed by atoms with Crippen molar-refractivity contribution in [2.24, 2.45) is 0 Å². The van der Waals surface area contributed by atoms with Gasteiger partial charge in [0.2, 0.25) is 0 Å². The van der Waals surface area contributed by atoms with Crippen molar-refractivity contribution < 1.29 is 19.1 Å². The summed E-state index contributed by atoms with van der Waals surface area (Å²) in [4.78, 5) is 23.9. The van der Waals surface area contributed by atoms with Crippen molar-refractivity contribution in [1.82, 2.24) is 4.90 Å². The highest BCUT2D eigenvalue weighted by Crippen LogP contribution is 2.17. The van der Waals surface area contributed by atoms with Gasteiger partial charge in [0.25, 0.3) is 0 Å². The van der Waals surface area contributed by atoms with Crippen LogP contribution in [0.25, 0.3) is 6.08 Å². The zero-order valence-corrected chi connectivity index (χ0v) is 10.8. The lowest BCUT2D eigenvalue weighted by Gasteiger charge is -2.16. The van der Waals surface area contributed by atoms with Gasteiger partial charge in [-0.2, -0.15) is 0 Å². The van der Waals surface area contributed by atoms with E-state index in [9.17, 15) is 14.0 Å². The third kappa shape index (κ3) is 3.57. The largest absolute Gasteiger partial charge is 0.478 e. The number of carbonyl (C=O) groups excluding carboxylic acids is 1. The number of hydrogen-bond acceptors (Lipinski definition) is 2. The molecule has 1 heterocycles. The van der Waals surface area contributed by atoms with Gasteiger partial charge < -0.3 is 15.3 Å². The van der Waals surface area contributed by atoms with Crippen LogP contribution in [0.1, 0.15) is 18.4 Å². The van der Waals surface area contributed by atoms with Crippen LogP contribution in [0.5, 0.6) is 0 Å². The van der Waals surface area contributed by atoms with E-state index in [1.807, 2.05) is 0 Å². The summed E-state index contributed by atoms with van der Waals surface area (Å²) in [6.45, 7) is 1.43. The summed E-state index contributed by atoms with van der Waals surface area (Å²) in [6.07, 6.45) is 4.01. The van der Waals surface area contributed by atoms with Gasteiger partial charge in [-0.3, -0.25) is 0 Å². The van der Waals surface area contributed by atoms with E-state index in [1.54, 1.807) is 11.0 Å². The maximum absolute atomic E-state index is 13.7. The molecule has 6 heteroatoms. The molecule has 1 aliphatic heterocycles. The Morgan fingerprint density at radius 1 is 1.30 bits per heavy atom. The monoisotopic (exact) mass is 278 g/mol. The molecule has 1 saturated heterocycles. The first kappa shape index (κ1) is 14.0. The molecule has 0 saturated carbocycles. The van der Waals surface area contributed by atoms with Crippen molar-refractivity contribution >= 4 is 23.8 Å². The Morgan fingerprint density at radius 2 is 2.00 bits per heavy atom. The van der Waals surface area contributed by atoms with E-state index in [-0.39, 0.29) is 11.6 Å². The highest BCUT2D eigenvalue weighted by molar-refractivity contribution is 5.90. The second-order valence-corrected chi connectivity index (χ2v) is 4.53. The number of carboxylic acids is 1. The van der Waals surface area contributed by atoms with Crippen LogP contribution in [0, 0.1) is 5.82 Å². The SMILES string of the molecule is O=C(O)C=Cc1ccc(NC(=O)N2CCCC2)cc1F. The summed E-state index contributed by atoms with van der Waals surface area (Å²) in [7, 11) is 0. The topological polar surface area (TPSA) is 69.6 Å². The van der Waals surface area contributed by atoms with Crippen molar-refractivity contribution in [3.05, 3.63) is 35.7 Å². The number of benzene rings is 1. The van der Waals surface area contributed by atoms with Crippen molar-refractivity contribution in [3.63, 3.8) is 0 Å². The summed E-state index contributed by atoms with van der Waals surface area (Å²) in [5.74, 6) is -1.72. The summed E-state index contributed by atoms with van der Waals surface area (Å²) in [5.41, 5.74) is 0.512. The van der Waals surface area contributed by atoms with E-state index in [4.69, 9.17) is 5.11 Å². The summed E-state index contributed by atoms with van der Waals surface area (Å²) >= 11 is 0. The quantitative estimate of drug-likeness (QED) is 0.835. The maximum Gasteiger partial charge on any atom is 0.328 e. The van der Waals surface area contributed by atoms with Crippen LogP contribution >= 0.6 is 0 Å². The number of carboxylic acid groups (broad SMARTS) is 1. The fourth-order valence-corrected chi connectivity index (χ4v) is 2.02. The fraction of sp³-hybridized carbons (Fsp3) is 0.286. The zero-order chi connectivity index (χ0) is 14.5. The number of hydrogen-bond donors (Lipinski definition) is 2. The number of rotatable bonds is 3. The minimum Gasteiger partial charge on any atom is -0.478 e. The minimum atomic E-state index is -1.14. The van der Waals surface area contributed by atoms with E-state index in [0.29, 0.717) is 18.8 Å². The van der Waals surface area contributed by atoms with Crippen molar-refractivity contribution in [2.75, 3.05) is 18.4 Å². The summed E-state index contributed by atoms with van der Waals surface area (Å²) in [6, 6.07) is 3.90. The third-order valence-electron chi connectivity index (χ3n) is 3.05. The molecule has 0 atom stereocenters. The van der Waals surface area contributed by atoms with Crippen LogP contribution in [0.4, 0.5) is 14.9 Å². The molecule has 106 valence electrons. The second kappa shape index (κ2) is 6.18. The first-order valence-electron chi connectivity index (χ1n) is 6.33. The van der Waals surface area contributed by atoms with Gasteiger partial charge in [-0.15, -0.1) is 0 Å². The van der Waals surface area contributed by atoms with Crippen LogP contribution in [-0.4, -0.2) is 35.1 Å². The molecule has 20 heavy (non-hydrogen) atoms. The standard InChI is InChI=1S/C14H15FN2O3/c15-12-9-11(5-3-10(12)4-6-13(18)19)16-14(20)17-7-1-2-8-17/h3-6,9H,1-2,7-8H2,(H,16,20)(H,18,19). The summed E-state index contributed by atoms with van der Waals surface area (Å²) in [5, 5.41) is 11.1. The molecule has 2 amide bonds. The van der Waals surface area contributed by atoms with Crippen LogP contribution in [0.3, 0.4) is 0 Å². The number of urea groups is 1. The van der Waals surface area contributed by atoms with Crippen LogP contribution in [0.15, 0.2) is 24.3 Å². The van der Waals surface area contributed by atoms with Crippen molar-refractivity contribution in [1.29, 1.82) is 0 Å². The molecule has 1 aromatic carbocycles. The zero-order valence-electron chi connectivity index (χ0n) is 10.8. The van der Waals surface area contributed by atoms with Gasteiger partial charge >= 0.3 is 12.0 Å². The van der Waals surface area contributed by atoms with Crippen molar-refractivity contribution in [2.45, 2.75) is 12.8 Å². The van der Waals surface area contributed by atoms with Gasteiger partial charge in [-0.1, -0.05) is 0 Å². The lowest BCUT2D eigenvalue weighted by atomic mass is 10.2. The van der Waals surface area contributed by atoms with Crippen LogP contribution in [-0.2, 0) is 4.79 Å². The lowest BCUT2D eigenvalue weighted by molar-refractivity contribution is -0.131. The molecule has 2 N–H and O–H groups in total. The predicted octanol–water partition coefficient (Wildman–Crippen LogP) is 2.55. The van der Waals surface area contributed by atoms with Gasteiger partial charge in [-0.05, 0) is 37.1 Å². The Bertz CT molecular complexity index is 551. The number of nitrogens with one attached hydrogen (secondary N) is 1. The van der Waals surface area contributed by atoms with Crippen LogP contribution in [0.2, 0.25) is 0 Å². The maximum atomic E-state index is 13.7. The molecule has 0 aromatic heterocycles. The number of amides is 2.